The van der Waals surface area contributed by atoms with Gasteiger partial charge in [0.2, 0.25) is 5.91 Å². The molecule has 0 aliphatic heterocycles. The third kappa shape index (κ3) is 4.35. The molecule has 3 N–H and O–H groups in total. The Morgan fingerprint density at radius 3 is 2.65 bits per heavy atom. The molecule has 0 spiro atoms. The first-order chi connectivity index (χ1) is 8.04. The first-order valence-electron chi connectivity index (χ1n) is 6.50. The summed E-state index contributed by atoms with van der Waals surface area (Å²) in [5, 5.41) is 11.8. The van der Waals surface area contributed by atoms with Gasteiger partial charge in [0.1, 0.15) is 6.04 Å². The highest BCUT2D eigenvalue weighted by Crippen LogP contribution is 2.23. The Labute approximate surface area is 104 Å². The molecule has 0 radical (unpaired) electrons. The summed E-state index contributed by atoms with van der Waals surface area (Å²) < 4.78 is 0. The van der Waals surface area contributed by atoms with E-state index in [0.29, 0.717) is 12.3 Å². The predicted octanol–water partition coefficient (Wildman–Crippen LogP) is 1.56. The summed E-state index contributed by atoms with van der Waals surface area (Å²) in [5.74, 6) is 0.260. The molecule has 4 nitrogen and oxygen atoms in total. The summed E-state index contributed by atoms with van der Waals surface area (Å²) in [6.07, 6.45) is 4.64. The molecule has 0 bridgehead atoms. The van der Waals surface area contributed by atoms with E-state index in [0.717, 1.165) is 25.7 Å². The minimum atomic E-state index is -0.378. The van der Waals surface area contributed by atoms with Crippen LogP contribution in [0.2, 0.25) is 0 Å². The normalized spacial score (nSPS) is 26.3. The largest absolute Gasteiger partial charge is 0.340 e. The molecule has 0 saturated heterocycles. The fraction of sp³-hybridized carbons (Fsp3) is 0.846. The Morgan fingerprint density at radius 1 is 1.47 bits per heavy atom. The standard InChI is InChI=1S/C13H23N3O/c1-9(2)7-10(8-14)16-13(17)11-5-3-4-6-12(11)15/h9-12H,3-7,15H2,1-2H3,(H,16,17)/t10?,11-,12+/m1/s1. The van der Waals surface area contributed by atoms with Crippen molar-refractivity contribution in [1.29, 1.82) is 5.26 Å². The van der Waals surface area contributed by atoms with Crippen LogP contribution in [0.3, 0.4) is 0 Å². The van der Waals surface area contributed by atoms with Gasteiger partial charge < -0.3 is 11.1 Å². The van der Waals surface area contributed by atoms with Crippen LogP contribution >= 0.6 is 0 Å². The van der Waals surface area contributed by atoms with E-state index in [9.17, 15) is 4.79 Å². The molecule has 0 aromatic heterocycles. The van der Waals surface area contributed by atoms with Crippen molar-refractivity contribution < 1.29 is 4.79 Å². The van der Waals surface area contributed by atoms with Crippen molar-refractivity contribution in [3.05, 3.63) is 0 Å². The summed E-state index contributed by atoms with van der Waals surface area (Å²) in [4.78, 5) is 12.0. The van der Waals surface area contributed by atoms with Gasteiger partial charge in [0.25, 0.3) is 0 Å². The molecule has 0 aromatic carbocycles. The molecule has 1 aliphatic carbocycles. The lowest BCUT2D eigenvalue weighted by atomic mass is 9.84. The summed E-state index contributed by atoms with van der Waals surface area (Å²) >= 11 is 0. The highest BCUT2D eigenvalue weighted by atomic mass is 16.2. The minimum Gasteiger partial charge on any atom is -0.340 e. The van der Waals surface area contributed by atoms with E-state index in [1.807, 2.05) is 13.8 Å². The number of carbonyl (C=O) groups excluding carboxylic acids is 1. The Morgan fingerprint density at radius 2 is 2.12 bits per heavy atom. The van der Waals surface area contributed by atoms with Crippen LogP contribution < -0.4 is 11.1 Å². The molecule has 0 heterocycles. The number of rotatable bonds is 4. The van der Waals surface area contributed by atoms with Gasteiger partial charge in [-0.25, -0.2) is 0 Å². The van der Waals surface area contributed by atoms with Crippen molar-refractivity contribution in [2.75, 3.05) is 0 Å². The highest BCUT2D eigenvalue weighted by molar-refractivity contribution is 5.80. The summed E-state index contributed by atoms with van der Waals surface area (Å²) in [7, 11) is 0. The molecule has 1 fully saturated rings. The monoisotopic (exact) mass is 237 g/mol. The lowest BCUT2D eigenvalue weighted by Gasteiger charge is -2.28. The van der Waals surface area contributed by atoms with Gasteiger partial charge in [0.05, 0.1) is 12.0 Å². The van der Waals surface area contributed by atoms with Crippen molar-refractivity contribution in [3.8, 4) is 6.07 Å². The average Bonchev–Trinajstić information content (AvgIpc) is 2.27. The Hall–Kier alpha value is -1.08. The number of hydrogen-bond acceptors (Lipinski definition) is 3. The lowest BCUT2D eigenvalue weighted by molar-refractivity contribution is -0.126. The molecular weight excluding hydrogens is 214 g/mol. The van der Waals surface area contributed by atoms with Crippen LogP contribution in [-0.2, 0) is 4.79 Å². The zero-order chi connectivity index (χ0) is 12.8. The molecule has 1 unspecified atom stereocenters. The van der Waals surface area contributed by atoms with E-state index in [-0.39, 0.29) is 23.9 Å². The van der Waals surface area contributed by atoms with Crippen LogP contribution in [0.5, 0.6) is 0 Å². The van der Waals surface area contributed by atoms with Gasteiger partial charge in [-0.05, 0) is 25.2 Å². The second-order valence-corrected chi connectivity index (χ2v) is 5.37. The SMILES string of the molecule is CC(C)CC(C#N)NC(=O)[C@@H]1CCCC[C@@H]1N. The van der Waals surface area contributed by atoms with E-state index >= 15 is 0 Å². The van der Waals surface area contributed by atoms with Gasteiger partial charge in [-0.3, -0.25) is 4.79 Å². The molecule has 1 amide bonds. The number of nitrogens with one attached hydrogen (secondary N) is 1. The van der Waals surface area contributed by atoms with Crippen molar-refractivity contribution in [3.63, 3.8) is 0 Å². The minimum absolute atomic E-state index is 0.0376. The first kappa shape index (κ1) is 14.0. The topological polar surface area (TPSA) is 78.9 Å². The van der Waals surface area contributed by atoms with Crippen LogP contribution in [0.15, 0.2) is 0 Å². The number of nitrogens with zero attached hydrogens (tertiary/aromatic N) is 1. The maximum atomic E-state index is 12.0. The van der Waals surface area contributed by atoms with Crippen LogP contribution in [0.4, 0.5) is 0 Å². The van der Waals surface area contributed by atoms with Gasteiger partial charge in [-0.15, -0.1) is 0 Å². The second kappa shape index (κ2) is 6.61. The lowest BCUT2D eigenvalue weighted by Crippen LogP contribution is -2.46. The number of nitrogens with two attached hydrogens (primary N) is 1. The number of nitriles is 1. The average molecular weight is 237 g/mol. The number of amides is 1. The zero-order valence-electron chi connectivity index (χ0n) is 10.8. The van der Waals surface area contributed by atoms with Crippen LogP contribution in [0.25, 0.3) is 0 Å². The molecular formula is C13H23N3O. The summed E-state index contributed by atoms with van der Waals surface area (Å²) in [6.45, 7) is 4.09. The van der Waals surface area contributed by atoms with Gasteiger partial charge in [-0.1, -0.05) is 26.7 Å². The van der Waals surface area contributed by atoms with Gasteiger partial charge >= 0.3 is 0 Å². The van der Waals surface area contributed by atoms with E-state index < -0.39 is 0 Å². The molecule has 17 heavy (non-hydrogen) atoms. The van der Waals surface area contributed by atoms with Crippen LogP contribution in [-0.4, -0.2) is 18.0 Å². The molecule has 1 aliphatic rings. The maximum absolute atomic E-state index is 12.0. The fourth-order valence-electron chi connectivity index (χ4n) is 2.38. The van der Waals surface area contributed by atoms with Crippen molar-refractivity contribution >= 4 is 5.91 Å². The molecule has 0 aromatic rings. The molecule has 4 heteroatoms. The molecule has 96 valence electrons. The summed E-state index contributed by atoms with van der Waals surface area (Å²) in [5.41, 5.74) is 5.95. The zero-order valence-corrected chi connectivity index (χ0v) is 10.8. The van der Waals surface area contributed by atoms with E-state index in [1.165, 1.54) is 0 Å². The van der Waals surface area contributed by atoms with Crippen LogP contribution in [0.1, 0.15) is 46.0 Å². The third-order valence-corrected chi connectivity index (χ3v) is 3.34. The third-order valence-electron chi connectivity index (χ3n) is 3.34. The van der Waals surface area contributed by atoms with E-state index in [1.54, 1.807) is 0 Å². The van der Waals surface area contributed by atoms with Crippen molar-refractivity contribution in [1.82, 2.24) is 5.32 Å². The number of hydrogen-bond donors (Lipinski definition) is 2. The summed E-state index contributed by atoms with van der Waals surface area (Å²) in [6, 6.07) is 1.73. The second-order valence-electron chi connectivity index (χ2n) is 5.37. The fourth-order valence-corrected chi connectivity index (χ4v) is 2.38. The molecule has 1 rings (SSSR count). The Balaban J connectivity index is 2.49. The smallest absolute Gasteiger partial charge is 0.225 e. The first-order valence-corrected chi connectivity index (χ1v) is 6.50. The van der Waals surface area contributed by atoms with E-state index in [4.69, 9.17) is 11.0 Å². The molecule has 1 saturated carbocycles. The van der Waals surface area contributed by atoms with Gasteiger partial charge in [-0.2, -0.15) is 5.26 Å². The maximum Gasteiger partial charge on any atom is 0.225 e. The predicted molar refractivity (Wildman–Crippen MR) is 66.9 cm³/mol. The highest BCUT2D eigenvalue weighted by Gasteiger charge is 2.29. The quantitative estimate of drug-likeness (QED) is 0.778. The number of carbonyl (C=O) groups is 1. The van der Waals surface area contributed by atoms with E-state index in [2.05, 4.69) is 11.4 Å². The van der Waals surface area contributed by atoms with Crippen LogP contribution in [0, 0.1) is 23.2 Å². The van der Waals surface area contributed by atoms with Gasteiger partial charge in [0, 0.05) is 6.04 Å². The van der Waals surface area contributed by atoms with Gasteiger partial charge in [0.15, 0.2) is 0 Å². The Kier molecular flexibility index (Phi) is 5.43. The Bertz CT molecular complexity index is 296. The van der Waals surface area contributed by atoms with Crippen molar-refractivity contribution in [2.45, 2.75) is 58.0 Å². The molecule has 3 atom stereocenters. The van der Waals surface area contributed by atoms with Crippen molar-refractivity contribution in [2.24, 2.45) is 17.6 Å².